The summed E-state index contributed by atoms with van der Waals surface area (Å²) in [7, 11) is 0. The molecule has 1 heterocycles. The van der Waals surface area contributed by atoms with Crippen molar-refractivity contribution in [1.29, 1.82) is 0 Å². The number of halogens is 2. The Kier molecular flexibility index (Phi) is 6.69. The smallest absolute Gasteiger partial charge is 0.241 e. The molecule has 2 amide bonds. The first-order chi connectivity index (χ1) is 11.0. The normalized spacial score (nSPS) is 15.5. The molecule has 0 bridgehead atoms. The van der Waals surface area contributed by atoms with E-state index >= 15 is 0 Å². The fraction of sp³-hybridized carbons (Fsp3) is 0.500. The van der Waals surface area contributed by atoms with E-state index < -0.39 is 0 Å². The number of carbonyl (C=O) groups excluding carboxylic acids is 2. The molecular weight excluding hydrogens is 337 g/mol. The van der Waals surface area contributed by atoms with Gasteiger partial charge in [-0.15, -0.1) is 0 Å². The number of benzene rings is 1. The average molecular weight is 358 g/mol. The van der Waals surface area contributed by atoms with Gasteiger partial charge in [-0.25, -0.2) is 0 Å². The molecule has 1 atom stereocenters. The third kappa shape index (κ3) is 5.37. The maximum absolute atomic E-state index is 11.8. The van der Waals surface area contributed by atoms with Crippen molar-refractivity contribution >= 4 is 35.0 Å². The van der Waals surface area contributed by atoms with Crippen LogP contribution in [0, 0.1) is 0 Å². The number of nitrogens with zero attached hydrogens (tertiary/aromatic N) is 1. The van der Waals surface area contributed by atoms with Crippen molar-refractivity contribution in [3.8, 4) is 0 Å². The van der Waals surface area contributed by atoms with Gasteiger partial charge < -0.3 is 15.5 Å². The lowest BCUT2D eigenvalue weighted by atomic mass is 10.1. The quantitative estimate of drug-likeness (QED) is 0.821. The first-order valence-electron chi connectivity index (χ1n) is 7.70. The number of likely N-dealkylation sites (tertiary alicyclic amines) is 1. The van der Waals surface area contributed by atoms with Crippen LogP contribution in [-0.2, 0) is 9.59 Å². The maximum atomic E-state index is 11.8. The summed E-state index contributed by atoms with van der Waals surface area (Å²) in [5, 5.41) is 6.86. The van der Waals surface area contributed by atoms with Crippen LogP contribution in [-0.4, -0.2) is 42.9 Å². The van der Waals surface area contributed by atoms with E-state index in [1.165, 1.54) is 0 Å². The first-order valence-corrected chi connectivity index (χ1v) is 8.46. The lowest BCUT2D eigenvalue weighted by Gasteiger charge is -2.17. The Labute approximate surface area is 146 Å². The van der Waals surface area contributed by atoms with Crippen LogP contribution in [0.5, 0.6) is 0 Å². The molecule has 1 aliphatic rings. The van der Waals surface area contributed by atoms with Crippen LogP contribution in [0.25, 0.3) is 0 Å². The van der Waals surface area contributed by atoms with Crippen molar-refractivity contribution in [2.75, 3.05) is 26.2 Å². The molecule has 0 saturated carbocycles. The Hall–Kier alpha value is -1.30. The van der Waals surface area contributed by atoms with Crippen LogP contribution in [0.3, 0.4) is 0 Å². The fourth-order valence-corrected chi connectivity index (χ4v) is 3.10. The zero-order chi connectivity index (χ0) is 16.8. The van der Waals surface area contributed by atoms with Crippen LogP contribution in [0.2, 0.25) is 10.0 Å². The van der Waals surface area contributed by atoms with Gasteiger partial charge in [-0.05, 0) is 37.5 Å². The molecule has 0 aromatic heterocycles. The second-order valence-electron chi connectivity index (χ2n) is 5.63. The van der Waals surface area contributed by atoms with Gasteiger partial charge in [-0.2, -0.15) is 0 Å². The molecule has 1 aromatic carbocycles. The van der Waals surface area contributed by atoms with Crippen LogP contribution < -0.4 is 10.6 Å². The molecule has 2 rings (SSSR count). The molecule has 5 nitrogen and oxygen atoms in total. The molecule has 1 saturated heterocycles. The molecule has 1 aromatic rings. The van der Waals surface area contributed by atoms with E-state index in [-0.39, 0.29) is 30.9 Å². The summed E-state index contributed by atoms with van der Waals surface area (Å²) in [4.78, 5) is 25.5. The van der Waals surface area contributed by atoms with Crippen molar-refractivity contribution in [1.82, 2.24) is 15.5 Å². The maximum Gasteiger partial charge on any atom is 0.241 e. The highest BCUT2D eigenvalue weighted by Gasteiger charge is 2.18. The van der Waals surface area contributed by atoms with Crippen molar-refractivity contribution in [2.24, 2.45) is 0 Å². The average Bonchev–Trinajstić information content (AvgIpc) is 3.04. The lowest BCUT2D eigenvalue weighted by Crippen LogP contribution is -2.42. The van der Waals surface area contributed by atoms with E-state index in [2.05, 4.69) is 10.6 Å². The SMILES string of the molecule is CC(NCC(=O)NCC(=O)N1CCCC1)c1ccc(Cl)cc1Cl. The third-order valence-corrected chi connectivity index (χ3v) is 4.46. The van der Waals surface area contributed by atoms with Gasteiger partial charge in [0.15, 0.2) is 0 Å². The molecule has 1 aliphatic heterocycles. The third-order valence-electron chi connectivity index (χ3n) is 3.89. The van der Waals surface area contributed by atoms with E-state index in [1.54, 1.807) is 17.0 Å². The summed E-state index contributed by atoms with van der Waals surface area (Å²) in [5.41, 5.74) is 0.872. The van der Waals surface area contributed by atoms with E-state index in [0.717, 1.165) is 31.5 Å². The molecule has 2 N–H and O–H groups in total. The van der Waals surface area contributed by atoms with E-state index in [1.807, 2.05) is 13.0 Å². The Morgan fingerprint density at radius 1 is 1.22 bits per heavy atom. The molecule has 0 aliphatic carbocycles. The van der Waals surface area contributed by atoms with Gasteiger partial charge in [0.2, 0.25) is 11.8 Å². The largest absolute Gasteiger partial charge is 0.346 e. The van der Waals surface area contributed by atoms with Crippen LogP contribution in [0.15, 0.2) is 18.2 Å². The molecule has 1 fully saturated rings. The fourth-order valence-electron chi connectivity index (χ4n) is 2.52. The highest BCUT2D eigenvalue weighted by molar-refractivity contribution is 6.35. The second kappa shape index (κ2) is 8.52. The van der Waals surface area contributed by atoms with E-state index in [0.29, 0.717) is 10.0 Å². The second-order valence-corrected chi connectivity index (χ2v) is 6.48. The summed E-state index contributed by atoms with van der Waals surface area (Å²) in [6.45, 7) is 3.67. The number of rotatable bonds is 6. The molecule has 23 heavy (non-hydrogen) atoms. The van der Waals surface area contributed by atoms with Crippen molar-refractivity contribution < 1.29 is 9.59 Å². The van der Waals surface area contributed by atoms with Gasteiger partial charge in [-0.3, -0.25) is 9.59 Å². The predicted molar refractivity (Wildman–Crippen MR) is 91.7 cm³/mol. The molecule has 126 valence electrons. The van der Waals surface area contributed by atoms with E-state index in [4.69, 9.17) is 23.2 Å². The minimum absolute atomic E-state index is 0.0235. The van der Waals surface area contributed by atoms with Gasteiger partial charge in [0, 0.05) is 29.2 Å². The Morgan fingerprint density at radius 2 is 1.91 bits per heavy atom. The van der Waals surface area contributed by atoms with Crippen molar-refractivity contribution in [2.45, 2.75) is 25.8 Å². The Bertz CT molecular complexity index is 574. The lowest BCUT2D eigenvalue weighted by molar-refractivity contribution is -0.131. The summed E-state index contributed by atoms with van der Waals surface area (Å²) in [6.07, 6.45) is 2.08. The van der Waals surface area contributed by atoms with Gasteiger partial charge in [0.05, 0.1) is 13.1 Å². The molecule has 0 radical (unpaired) electrons. The van der Waals surface area contributed by atoms with Gasteiger partial charge in [0.1, 0.15) is 0 Å². The van der Waals surface area contributed by atoms with E-state index in [9.17, 15) is 9.59 Å². The Morgan fingerprint density at radius 3 is 2.57 bits per heavy atom. The van der Waals surface area contributed by atoms with Gasteiger partial charge in [-0.1, -0.05) is 29.3 Å². The van der Waals surface area contributed by atoms with Gasteiger partial charge >= 0.3 is 0 Å². The summed E-state index contributed by atoms with van der Waals surface area (Å²) in [6, 6.07) is 5.16. The number of carbonyl (C=O) groups is 2. The Balaban J connectivity index is 1.74. The summed E-state index contributed by atoms with van der Waals surface area (Å²) < 4.78 is 0. The summed E-state index contributed by atoms with van der Waals surface area (Å²) >= 11 is 12.0. The molecule has 7 heteroatoms. The highest BCUT2D eigenvalue weighted by atomic mass is 35.5. The number of amides is 2. The highest BCUT2D eigenvalue weighted by Crippen LogP contribution is 2.25. The topological polar surface area (TPSA) is 61.4 Å². The van der Waals surface area contributed by atoms with Crippen molar-refractivity contribution in [3.05, 3.63) is 33.8 Å². The van der Waals surface area contributed by atoms with Gasteiger partial charge in [0.25, 0.3) is 0 Å². The summed E-state index contributed by atoms with van der Waals surface area (Å²) in [5.74, 6) is -0.237. The van der Waals surface area contributed by atoms with Crippen LogP contribution in [0.1, 0.15) is 31.4 Å². The molecule has 1 unspecified atom stereocenters. The van der Waals surface area contributed by atoms with Crippen molar-refractivity contribution in [3.63, 3.8) is 0 Å². The number of nitrogens with one attached hydrogen (secondary N) is 2. The van der Waals surface area contributed by atoms with Crippen LogP contribution in [0.4, 0.5) is 0 Å². The zero-order valence-electron chi connectivity index (χ0n) is 13.1. The van der Waals surface area contributed by atoms with Crippen LogP contribution >= 0.6 is 23.2 Å². The molecule has 0 spiro atoms. The predicted octanol–water partition coefficient (Wildman–Crippen LogP) is 2.38. The number of hydrogen-bond donors (Lipinski definition) is 2. The minimum Gasteiger partial charge on any atom is -0.346 e. The monoisotopic (exact) mass is 357 g/mol. The minimum atomic E-state index is -0.213. The number of hydrogen-bond acceptors (Lipinski definition) is 3. The molecular formula is C16H21Cl2N3O2. The first kappa shape index (κ1) is 18.0. The standard InChI is InChI=1S/C16H21Cl2N3O2/c1-11(13-5-4-12(17)8-14(13)18)19-9-15(22)20-10-16(23)21-6-2-3-7-21/h4-5,8,11,19H,2-3,6-7,9-10H2,1H3,(H,20,22). The zero-order valence-corrected chi connectivity index (χ0v) is 14.6.